The summed E-state index contributed by atoms with van der Waals surface area (Å²) in [6.45, 7) is 2.22. The van der Waals surface area contributed by atoms with E-state index in [1.807, 2.05) is 0 Å². The molecule has 2 atom stereocenters. The Kier molecular flexibility index (Phi) is 5.99. The quantitative estimate of drug-likeness (QED) is 0.575. The molecule has 97 valence electrons. The number of hydrogen-bond acceptors (Lipinski definition) is 0. The van der Waals surface area contributed by atoms with Crippen LogP contribution in [0.25, 0.3) is 6.08 Å². The second kappa shape index (κ2) is 7.27. The summed E-state index contributed by atoms with van der Waals surface area (Å²) in [7, 11) is 12.5. The van der Waals surface area contributed by atoms with Crippen LogP contribution in [-0.2, 0) is 19.4 Å². The van der Waals surface area contributed by atoms with Crippen molar-refractivity contribution in [2.24, 2.45) is 0 Å². The standard InChI is InChI=1S/C15H19.2ClH.Zr/c1-2-3-4-5-8-13-11-12-14-9-6-7-10-15(13)14;;;/h4,6-7,9-13H,2-3,5,8H2,1H3;2*1H;/q;;;+2/p-2. The van der Waals surface area contributed by atoms with Crippen molar-refractivity contribution >= 4 is 23.1 Å². The van der Waals surface area contributed by atoms with Gasteiger partial charge < -0.3 is 0 Å². The van der Waals surface area contributed by atoms with E-state index < -0.39 is 19.4 Å². The first-order valence-corrected chi connectivity index (χ1v) is 14.4. The van der Waals surface area contributed by atoms with Crippen molar-refractivity contribution in [2.45, 2.75) is 42.2 Å². The Morgan fingerprint density at radius 3 is 2.72 bits per heavy atom. The van der Waals surface area contributed by atoms with E-state index in [2.05, 4.69) is 43.3 Å². The van der Waals surface area contributed by atoms with Crippen LogP contribution in [0, 0.1) is 0 Å². The monoisotopic (exact) mass is 359 g/mol. The summed E-state index contributed by atoms with van der Waals surface area (Å²) in [6, 6.07) is 8.68. The van der Waals surface area contributed by atoms with Gasteiger partial charge in [-0.3, -0.25) is 0 Å². The zero-order chi connectivity index (χ0) is 13.0. The Bertz CT molecular complexity index is 415. The van der Waals surface area contributed by atoms with Gasteiger partial charge in [0, 0.05) is 0 Å². The van der Waals surface area contributed by atoms with E-state index in [-0.39, 0.29) is 0 Å². The van der Waals surface area contributed by atoms with Crippen LogP contribution < -0.4 is 0 Å². The van der Waals surface area contributed by atoms with E-state index in [0.717, 1.165) is 0 Å². The molecule has 2 rings (SSSR count). The number of benzene rings is 1. The number of allylic oxidation sites excluding steroid dienone is 1. The summed E-state index contributed by atoms with van der Waals surface area (Å²) in [4.78, 5) is 0. The van der Waals surface area contributed by atoms with E-state index in [1.165, 1.54) is 36.8 Å². The molecule has 0 saturated carbocycles. The molecule has 0 aromatic heterocycles. The van der Waals surface area contributed by atoms with Crippen molar-refractivity contribution in [1.82, 2.24) is 0 Å². The fourth-order valence-electron chi connectivity index (χ4n) is 2.67. The maximum absolute atomic E-state index is 6.25. The molecule has 0 radical (unpaired) electrons. The van der Waals surface area contributed by atoms with Gasteiger partial charge in [0.15, 0.2) is 0 Å². The van der Waals surface area contributed by atoms with E-state index in [9.17, 15) is 0 Å². The summed E-state index contributed by atoms with van der Waals surface area (Å²) in [6.07, 6.45) is 9.38. The van der Waals surface area contributed by atoms with Gasteiger partial charge in [0.25, 0.3) is 0 Å². The summed E-state index contributed by atoms with van der Waals surface area (Å²) in [5, 5.41) is 0. The number of halogens is 2. The molecule has 0 spiro atoms. The minimum atomic E-state index is -2.07. The summed E-state index contributed by atoms with van der Waals surface area (Å²) < 4.78 is 0.627. The molecule has 3 heteroatoms. The summed E-state index contributed by atoms with van der Waals surface area (Å²) in [5.41, 5.74) is 2.85. The van der Waals surface area contributed by atoms with Crippen LogP contribution in [0.15, 0.2) is 30.3 Å². The molecule has 0 bridgehead atoms. The van der Waals surface area contributed by atoms with Gasteiger partial charge in [-0.25, -0.2) is 0 Å². The Balaban J connectivity index is 1.94. The van der Waals surface area contributed by atoms with Crippen LogP contribution in [0.3, 0.4) is 0 Å². The van der Waals surface area contributed by atoms with Gasteiger partial charge in [-0.1, -0.05) is 0 Å². The van der Waals surface area contributed by atoms with Crippen LogP contribution in [0.5, 0.6) is 0 Å². The second-order valence-corrected chi connectivity index (χ2v) is 14.3. The normalized spacial score (nSPS) is 18.7. The molecule has 0 aliphatic heterocycles. The second-order valence-electron chi connectivity index (χ2n) is 4.95. The van der Waals surface area contributed by atoms with Crippen molar-refractivity contribution in [3.8, 4) is 0 Å². The molecular formula is C15H19Cl2Zr. The summed E-state index contributed by atoms with van der Waals surface area (Å²) >= 11 is -2.07. The third-order valence-corrected chi connectivity index (χ3v) is 10.3. The first kappa shape index (κ1) is 14.8. The molecule has 1 aromatic carbocycles. The van der Waals surface area contributed by atoms with E-state index in [4.69, 9.17) is 17.0 Å². The molecule has 0 N–H and O–H groups in total. The van der Waals surface area contributed by atoms with Crippen molar-refractivity contribution < 1.29 is 19.4 Å². The molecule has 2 unspecified atom stereocenters. The van der Waals surface area contributed by atoms with Gasteiger partial charge in [-0.05, 0) is 0 Å². The van der Waals surface area contributed by atoms with Gasteiger partial charge in [0.05, 0.1) is 0 Å². The predicted molar refractivity (Wildman–Crippen MR) is 77.8 cm³/mol. The fraction of sp³-hybridized carbons (Fsp3) is 0.467. The van der Waals surface area contributed by atoms with E-state index in [1.54, 1.807) is 0 Å². The Morgan fingerprint density at radius 2 is 2.00 bits per heavy atom. The van der Waals surface area contributed by atoms with Crippen molar-refractivity contribution in [1.29, 1.82) is 0 Å². The minimum absolute atomic E-state index is 0.580. The number of rotatable bonds is 6. The van der Waals surface area contributed by atoms with Crippen LogP contribution in [0.4, 0.5) is 0 Å². The number of fused-ring (bicyclic) bond motifs is 1. The van der Waals surface area contributed by atoms with Gasteiger partial charge in [-0.15, -0.1) is 0 Å². The predicted octanol–water partition coefficient (Wildman–Crippen LogP) is 6.09. The van der Waals surface area contributed by atoms with Crippen molar-refractivity contribution in [3.05, 3.63) is 41.5 Å². The molecule has 1 aromatic rings. The first-order chi connectivity index (χ1) is 8.72. The van der Waals surface area contributed by atoms with Gasteiger partial charge in [-0.2, -0.15) is 0 Å². The molecule has 18 heavy (non-hydrogen) atoms. The Labute approximate surface area is 125 Å². The number of hydrogen-bond donors (Lipinski definition) is 0. The van der Waals surface area contributed by atoms with Crippen molar-refractivity contribution in [2.75, 3.05) is 0 Å². The third kappa shape index (κ3) is 3.72. The third-order valence-electron chi connectivity index (χ3n) is 3.68. The van der Waals surface area contributed by atoms with Crippen LogP contribution in [0.2, 0.25) is 3.63 Å². The van der Waals surface area contributed by atoms with Crippen LogP contribution in [-0.4, -0.2) is 0 Å². The van der Waals surface area contributed by atoms with Crippen LogP contribution >= 0.6 is 17.0 Å². The fourth-order valence-corrected chi connectivity index (χ4v) is 7.44. The van der Waals surface area contributed by atoms with Gasteiger partial charge in [0.1, 0.15) is 0 Å². The average molecular weight is 361 g/mol. The van der Waals surface area contributed by atoms with Crippen LogP contribution in [0.1, 0.15) is 49.7 Å². The van der Waals surface area contributed by atoms with Gasteiger partial charge >= 0.3 is 126 Å². The average Bonchev–Trinajstić information content (AvgIpc) is 2.77. The molecular weight excluding hydrogens is 342 g/mol. The Hall–Kier alpha value is 0.423. The van der Waals surface area contributed by atoms with E-state index in [0.29, 0.717) is 9.54 Å². The van der Waals surface area contributed by atoms with E-state index >= 15 is 0 Å². The molecule has 0 amide bonds. The molecule has 1 aliphatic rings. The molecule has 1 aliphatic carbocycles. The maximum atomic E-state index is 6.25. The first-order valence-electron chi connectivity index (χ1n) is 6.67. The van der Waals surface area contributed by atoms with Crippen molar-refractivity contribution in [3.63, 3.8) is 0 Å². The summed E-state index contributed by atoms with van der Waals surface area (Å²) in [5.74, 6) is 0.580. The zero-order valence-electron chi connectivity index (χ0n) is 10.7. The molecule has 0 heterocycles. The Morgan fingerprint density at radius 1 is 1.22 bits per heavy atom. The van der Waals surface area contributed by atoms with Gasteiger partial charge in [0.2, 0.25) is 0 Å². The zero-order valence-corrected chi connectivity index (χ0v) is 14.7. The molecule has 0 saturated heterocycles. The molecule has 0 fully saturated rings. The SMILES string of the molecule is CCC[CH](CCC1C=Cc2ccccc21)[Zr]([Cl])[Cl]. The topological polar surface area (TPSA) is 0 Å². The molecule has 0 nitrogen and oxygen atoms in total.